The second kappa shape index (κ2) is 9.32. The molecule has 154 valence electrons. The Morgan fingerprint density at radius 2 is 2.00 bits per heavy atom. The minimum absolute atomic E-state index is 0.599. The minimum Gasteiger partial charge on any atom is -0.493 e. The van der Waals surface area contributed by atoms with Gasteiger partial charge < -0.3 is 9.47 Å². The zero-order valence-corrected chi connectivity index (χ0v) is 18.7. The molecule has 0 unspecified atom stereocenters. The first-order chi connectivity index (χ1) is 14.7. The van der Waals surface area contributed by atoms with Gasteiger partial charge in [-0.2, -0.15) is 0 Å². The molecule has 0 aliphatic carbocycles. The van der Waals surface area contributed by atoms with Gasteiger partial charge in [0.25, 0.3) is 0 Å². The Hall–Kier alpha value is -2.84. The number of hydrogen-bond donors (Lipinski definition) is 0. The number of hydrogen-bond acceptors (Lipinski definition) is 7. The van der Waals surface area contributed by atoms with Crippen LogP contribution in [0, 0.1) is 6.92 Å². The van der Waals surface area contributed by atoms with E-state index in [1.54, 1.807) is 36.5 Å². The maximum Gasteiger partial charge on any atom is 0.196 e. The van der Waals surface area contributed by atoms with E-state index >= 15 is 0 Å². The van der Waals surface area contributed by atoms with Gasteiger partial charge in [0.15, 0.2) is 16.7 Å². The highest BCUT2D eigenvalue weighted by atomic mass is 32.2. The summed E-state index contributed by atoms with van der Waals surface area (Å²) in [5.41, 5.74) is 4.29. The molecule has 0 amide bonds. The molecule has 0 fully saturated rings. The standard InChI is InChI=1S/C22H22N4O2S2/c1-4-28-19-10-9-16(11-20(19)27-3)21-24-17(12-29-21)13-30-22-25-23-14-26(22)18-8-6-5-7-15(18)2/h5-12,14H,4,13H2,1-3H3. The molecule has 0 aliphatic rings. The van der Waals surface area contributed by atoms with Crippen LogP contribution in [0.4, 0.5) is 0 Å². The monoisotopic (exact) mass is 438 g/mol. The number of rotatable bonds is 8. The van der Waals surface area contributed by atoms with Crippen LogP contribution in [0.25, 0.3) is 16.3 Å². The quantitative estimate of drug-likeness (QED) is 0.343. The lowest BCUT2D eigenvalue weighted by atomic mass is 10.2. The summed E-state index contributed by atoms with van der Waals surface area (Å²) in [6, 6.07) is 14.1. The van der Waals surface area contributed by atoms with Crippen LogP contribution < -0.4 is 9.47 Å². The molecule has 0 N–H and O–H groups in total. The van der Waals surface area contributed by atoms with Gasteiger partial charge in [-0.3, -0.25) is 4.57 Å². The summed E-state index contributed by atoms with van der Waals surface area (Å²) in [7, 11) is 1.65. The van der Waals surface area contributed by atoms with E-state index < -0.39 is 0 Å². The first kappa shape index (κ1) is 20.4. The average Bonchev–Trinajstić information content (AvgIpc) is 3.42. The maximum atomic E-state index is 5.60. The summed E-state index contributed by atoms with van der Waals surface area (Å²) in [6.45, 7) is 4.64. The third-order valence-corrected chi connectivity index (χ3v) is 6.42. The summed E-state index contributed by atoms with van der Waals surface area (Å²) in [4.78, 5) is 4.79. The fourth-order valence-electron chi connectivity index (χ4n) is 3.04. The molecule has 8 heteroatoms. The van der Waals surface area contributed by atoms with Crippen LogP contribution in [0.2, 0.25) is 0 Å². The van der Waals surface area contributed by atoms with Crippen molar-refractivity contribution in [2.45, 2.75) is 24.8 Å². The predicted octanol–water partition coefficient (Wildman–Crippen LogP) is 5.40. The molecule has 2 heterocycles. The van der Waals surface area contributed by atoms with Gasteiger partial charge in [0.05, 0.1) is 25.1 Å². The van der Waals surface area contributed by atoms with Crippen LogP contribution in [0.1, 0.15) is 18.2 Å². The summed E-state index contributed by atoms with van der Waals surface area (Å²) in [5.74, 6) is 2.17. The Balaban J connectivity index is 1.49. The number of benzene rings is 2. The smallest absolute Gasteiger partial charge is 0.196 e. The number of methoxy groups -OCH3 is 1. The zero-order valence-electron chi connectivity index (χ0n) is 17.0. The number of aromatic nitrogens is 4. The largest absolute Gasteiger partial charge is 0.493 e. The number of ether oxygens (including phenoxy) is 2. The van der Waals surface area contributed by atoms with E-state index in [1.165, 1.54) is 5.56 Å². The van der Waals surface area contributed by atoms with Crippen molar-refractivity contribution in [3.8, 4) is 27.8 Å². The van der Waals surface area contributed by atoms with E-state index in [0.29, 0.717) is 12.4 Å². The number of nitrogens with zero attached hydrogens (tertiary/aromatic N) is 4. The van der Waals surface area contributed by atoms with Crippen molar-refractivity contribution in [3.63, 3.8) is 0 Å². The van der Waals surface area contributed by atoms with Crippen LogP contribution in [-0.2, 0) is 5.75 Å². The molecule has 0 atom stereocenters. The molecule has 30 heavy (non-hydrogen) atoms. The molecule has 6 nitrogen and oxygen atoms in total. The van der Waals surface area contributed by atoms with Crippen LogP contribution in [-0.4, -0.2) is 33.5 Å². The average molecular weight is 439 g/mol. The lowest BCUT2D eigenvalue weighted by Gasteiger charge is -2.10. The van der Waals surface area contributed by atoms with Crippen LogP contribution in [0.3, 0.4) is 0 Å². The van der Waals surface area contributed by atoms with Gasteiger partial charge >= 0.3 is 0 Å². The number of thioether (sulfide) groups is 1. The van der Waals surface area contributed by atoms with Gasteiger partial charge in [-0.05, 0) is 43.7 Å². The highest BCUT2D eigenvalue weighted by Gasteiger charge is 2.13. The van der Waals surface area contributed by atoms with Crippen molar-refractivity contribution >= 4 is 23.1 Å². The SMILES string of the molecule is CCOc1ccc(-c2nc(CSc3nncn3-c3ccccc3C)cs2)cc1OC. The second-order valence-corrected chi connectivity index (χ2v) is 8.30. The maximum absolute atomic E-state index is 5.60. The van der Waals surface area contributed by atoms with E-state index in [1.807, 2.05) is 41.8 Å². The van der Waals surface area contributed by atoms with E-state index in [9.17, 15) is 0 Å². The summed E-state index contributed by atoms with van der Waals surface area (Å²) in [5, 5.41) is 12.3. The Labute approximate surface area is 183 Å². The number of para-hydroxylation sites is 1. The topological polar surface area (TPSA) is 62.1 Å². The van der Waals surface area contributed by atoms with Gasteiger partial charge in [-0.15, -0.1) is 21.5 Å². The van der Waals surface area contributed by atoms with Crippen LogP contribution >= 0.6 is 23.1 Å². The lowest BCUT2D eigenvalue weighted by molar-refractivity contribution is 0.311. The summed E-state index contributed by atoms with van der Waals surface area (Å²) >= 11 is 3.24. The fourth-order valence-corrected chi connectivity index (χ4v) is 4.78. The summed E-state index contributed by atoms with van der Waals surface area (Å²) in [6.07, 6.45) is 1.75. The van der Waals surface area contributed by atoms with Gasteiger partial charge in [-0.25, -0.2) is 4.98 Å². The fraction of sp³-hybridized carbons (Fsp3) is 0.227. The van der Waals surface area contributed by atoms with E-state index in [0.717, 1.165) is 38.6 Å². The zero-order chi connectivity index (χ0) is 20.9. The third-order valence-electron chi connectivity index (χ3n) is 4.50. The third kappa shape index (κ3) is 4.34. The molecule has 2 aromatic carbocycles. The molecule has 0 radical (unpaired) electrons. The Morgan fingerprint density at radius 3 is 2.80 bits per heavy atom. The molecule has 4 rings (SSSR count). The van der Waals surface area contributed by atoms with Crippen molar-refractivity contribution in [2.24, 2.45) is 0 Å². The van der Waals surface area contributed by atoms with Crippen molar-refractivity contribution in [1.29, 1.82) is 0 Å². The second-order valence-electron chi connectivity index (χ2n) is 6.50. The van der Waals surface area contributed by atoms with Gasteiger partial charge in [0.2, 0.25) is 0 Å². The van der Waals surface area contributed by atoms with Gasteiger partial charge in [0, 0.05) is 16.7 Å². The van der Waals surface area contributed by atoms with E-state index in [4.69, 9.17) is 14.5 Å². The normalized spacial score (nSPS) is 10.9. The molecular formula is C22H22N4O2S2. The molecule has 4 aromatic rings. The number of thiazole rings is 1. The van der Waals surface area contributed by atoms with Crippen molar-refractivity contribution in [2.75, 3.05) is 13.7 Å². The van der Waals surface area contributed by atoms with Crippen LogP contribution in [0.5, 0.6) is 11.5 Å². The Morgan fingerprint density at radius 1 is 1.13 bits per heavy atom. The number of aryl methyl sites for hydroxylation is 1. The first-order valence-corrected chi connectivity index (χ1v) is 11.4. The van der Waals surface area contributed by atoms with Gasteiger partial charge in [-0.1, -0.05) is 30.0 Å². The highest BCUT2D eigenvalue weighted by Crippen LogP contribution is 2.34. The molecule has 2 aromatic heterocycles. The van der Waals surface area contributed by atoms with Crippen molar-refractivity contribution in [1.82, 2.24) is 19.7 Å². The minimum atomic E-state index is 0.599. The molecular weight excluding hydrogens is 416 g/mol. The van der Waals surface area contributed by atoms with Gasteiger partial charge in [0.1, 0.15) is 11.3 Å². The molecule has 0 saturated carbocycles. The molecule has 0 spiro atoms. The van der Waals surface area contributed by atoms with Crippen molar-refractivity contribution < 1.29 is 9.47 Å². The highest BCUT2D eigenvalue weighted by molar-refractivity contribution is 7.98. The lowest BCUT2D eigenvalue weighted by Crippen LogP contribution is -1.97. The first-order valence-electron chi connectivity index (χ1n) is 9.54. The van der Waals surface area contributed by atoms with E-state index in [2.05, 4.69) is 34.6 Å². The van der Waals surface area contributed by atoms with E-state index in [-0.39, 0.29) is 0 Å². The Bertz CT molecular complexity index is 1140. The molecule has 0 aliphatic heterocycles. The van der Waals surface area contributed by atoms with Crippen molar-refractivity contribution in [3.05, 3.63) is 65.4 Å². The molecule has 0 saturated heterocycles. The Kier molecular flexibility index (Phi) is 6.35. The van der Waals surface area contributed by atoms with Crippen LogP contribution in [0.15, 0.2) is 59.3 Å². The summed E-state index contributed by atoms with van der Waals surface area (Å²) < 4.78 is 13.1. The molecule has 0 bridgehead atoms. The predicted molar refractivity (Wildman–Crippen MR) is 121 cm³/mol.